The van der Waals surface area contributed by atoms with Crippen molar-refractivity contribution < 1.29 is 9.84 Å². The van der Waals surface area contributed by atoms with E-state index < -0.39 is 6.10 Å². The molecule has 4 aromatic carbocycles. The molecule has 4 aromatic rings. The first kappa shape index (κ1) is 18.0. The van der Waals surface area contributed by atoms with Gasteiger partial charge in [0.2, 0.25) is 0 Å². The lowest BCUT2D eigenvalue weighted by molar-refractivity contribution is 0.178. The zero-order valence-corrected chi connectivity index (χ0v) is 15.5. The highest BCUT2D eigenvalue weighted by Crippen LogP contribution is 2.27. The molecular weight excluding hydrogens is 344 g/mol. The summed E-state index contributed by atoms with van der Waals surface area (Å²) in [6.07, 6.45) is -0.0415. The first-order valence-corrected chi connectivity index (χ1v) is 9.43. The van der Waals surface area contributed by atoms with Crippen molar-refractivity contribution in [3.63, 3.8) is 0 Å². The molecule has 0 saturated heterocycles. The molecule has 2 heteroatoms. The van der Waals surface area contributed by atoms with Crippen molar-refractivity contribution in [1.82, 2.24) is 0 Å². The third-order valence-corrected chi connectivity index (χ3v) is 4.68. The number of para-hydroxylation sites is 1. The summed E-state index contributed by atoms with van der Waals surface area (Å²) in [5.41, 5.74) is 4.20. The number of aliphatic hydroxyl groups excluding tert-OH is 1. The van der Waals surface area contributed by atoms with Gasteiger partial charge in [0.15, 0.2) is 0 Å². The topological polar surface area (TPSA) is 29.5 Å². The van der Waals surface area contributed by atoms with Crippen LogP contribution in [0.2, 0.25) is 0 Å². The molecule has 4 rings (SSSR count). The van der Waals surface area contributed by atoms with Crippen LogP contribution in [0.5, 0.6) is 11.5 Å². The van der Waals surface area contributed by atoms with Crippen LogP contribution in [-0.2, 0) is 6.42 Å². The van der Waals surface area contributed by atoms with Gasteiger partial charge in [-0.05, 0) is 52.6 Å². The Morgan fingerprint density at radius 2 is 1.25 bits per heavy atom. The Hall–Kier alpha value is -3.36. The van der Waals surface area contributed by atoms with E-state index >= 15 is 0 Å². The van der Waals surface area contributed by atoms with Crippen molar-refractivity contribution in [2.24, 2.45) is 0 Å². The molecule has 1 unspecified atom stereocenters. The smallest absolute Gasteiger partial charge is 0.127 e. The van der Waals surface area contributed by atoms with E-state index in [2.05, 4.69) is 24.3 Å². The van der Waals surface area contributed by atoms with Gasteiger partial charge in [0.25, 0.3) is 0 Å². The fourth-order valence-corrected chi connectivity index (χ4v) is 3.26. The van der Waals surface area contributed by atoms with Crippen molar-refractivity contribution >= 4 is 0 Å². The van der Waals surface area contributed by atoms with Crippen LogP contribution < -0.4 is 4.74 Å². The zero-order valence-electron chi connectivity index (χ0n) is 15.5. The molecule has 0 fully saturated rings. The van der Waals surface area contributed by atoms with Crippen LogP contribution in [0, 0.1) is 0 Å². The van der Waals surface area contributed by atoms with Gasteiger partial charge in [0.1, 0.15) is 11.5 Å². The van der Waals surface area contributed by atoms with Gasteiger partial charge in [0.05, 0.1) is 6.10 Å². The molecule has 28 heavy (non-hydrogen) atoms. The number of ether oxygens (including phenoxy) is 1. The molecule has 0 saturated carbocycles. The zero-order chi connectivity index (χ0) is 19.2. The van der Waals surface area contributed by atoms with Gasteiger partial charge in [-0.1, -0.05) is 78.9 Å². The predicted octanol–water partition coefficient (Wildman–Crippen LogP) is 6.42. The monoisotopic (exact) mass is 366 g/mol. The maximum Gasteiger partial charge on any atom is 0.127 e. The molecule has 0 aliphatic carbocycles. The highest BCUT2D eigenvalue weighted by atomic mass is 16.5. The lowest BCUT2D eigenvalue weighted by Gasteiger charge is -2.14. The Bertz CT molecular complexity index is 1030. The van der Waals surface area contributed by atoms with Gasteiger partial charge in [-0.25, -0.2) is 0 Å². The van der Waals surface area contributed by atoms with Crippen LogP contribution in [0.1, 0.15) is 17.2 Å². The Morgan fingerprint density at radius 3 is 2.04 bits per heavy atom. The molecule has 0 radical (unpaired) electrons. The second kappa shape index (κ2) is 8.55. The highest BCUT2D eigenvalue weighted by Gasteiger charge is 2.11. The molecule has 0 aromatic heterocycles. The average Bonchev–Trinajstić information content (AvgIpc) is 2.75. The van der Waals surface area contributed by atoms with Gasteiger partial charge in [-0.3, -0.25) is 0 Å². The van der Waals surface area contributed by atoms with E-state index in [-0.39, 0.29) is 0 Å². The minimum atomic E-state index is -0.573. The summed E-state index contributed by atoms with van der Waals surface area (Å²) in [6.45, 7) is 0. The first-order valence-electron chi connectivity index (χ1n) is 9.43. The third kappa shape index (κ3) is 4.48. The van der Waals surface area contributed by atoms with Crippen molar-refractivity contribution in [3.8, 4) is 22.6 Å². The van der Waals surface area contributed by atoms with Gasteiger partial charge in [-0.2, -0.15) is 0 Å². The van der Waals surface area contributed by atoms with E-state index in [4.69, 9.17) is 4.74 Å². The summed E-state index contributed by atoms with van der Waals surface area (Å²) >= 11 is 0. The molecule has 0 amide bonds. The molecular formula is C26H22O2. The Kier molecular flexibility index (Phi) is 5.51. The molecule has 1 N–H and O–H groups in total. The maximum atomic E-state index is 10.8. The predicted molar refractivity (Wildman–Crippen MR) is 113 cm³/mol. The van der Waals surface area contributed by atoms with Crippen LogP contribution >= 0.6 is 0 Å². The average molecular weight is 366 g/mol. The van der Waals surface area contributed by atoms with Crippen molar-refractivity contribution in [2.75, 3.05) is 0 Å². The molecule has 0 bridgehead atoms. The molecule has 2 nitrogen and oxygen atoms in total. The number of rotatable bonds is 6. The summed E-state index contributed by atoms with van der Waals surface area (Å²) in [5.74, 6) is 1.57. The van der Waals surface area contributed by atoms with Crippen LogP contribution in [0.25, 0.3) is 11.1 Å². The Balaban J connectivity index is 1.49. The lowest BCUT2D eigenvalue weighted by atomic mass is 9.97. The molecule has 0 aliphatic rings. The minimum absolute atomic E-state index is 0.532. The SMILES string of the molecule is OC(Cc1cccc(Oc2ccccc2)c1)c1cccc(-c2ccccc2)c1. The number of aliphatic hydroxyl groups is 1. The fraction of sp³-hybridized carbons (Fsp3) is 0.0769. The normalized spacial score (nSPS) is 11.8. The maximum absolute atomic E-state index is 10.8. The molecule has 0 spiro atoms. The van der Waals surface area contributed by atoms with Crippen LogP contribution in [0.3, 0.4) is 0 Å². The van der Waals surface area contributed by atoms with Crippen molar-refractivity contribution in [3.05, 3.63) is 120 Å². The summed E-state index contributed by atoms with van der Waals surface area (Å²) < 4.78 is 5.90. The van der Waals surface area contributed by atoms with E-state index in [1.807, 2.05) is 84.9 Å². The quantitative estimate of drug-likeness (QED) is 0.426. The van der Waals surface area contributed by atoms with Gasteiger partial charge in [-0.15, -0.1) is 0 Å². The molecule has 1 atom stereocenters. The number of benzene rings is 4. The number of hydrogen-bond acceptors (Lipinski definition) is 2. The van der Waals surface area contributed by atoms with E-state index in [0.717, 1.165) is 33.8 Å². The summed E-state index contributed by atoms with van der Waals surface area (Å²) in [4.78, 5) is 0. The Labute approximate surface area is 165 Å². The highest BCUT2D eigenvalue weighted by molar-refractivity contribution is 5.64. The second-order valence-corrected chi connectivity index (χ2v) is 6.77. The standard InChI is InChI=1S/C26H22O2/c27-26(23-13-8-12-22(19-23)21-10-3-1-4-11-21)18-20-9-7-16-25(17-20)28-24-14-5-2-6-15-24/h1-17,19,26-27H,18H2. The van der Waals surface area contributed by atoms with Gasteiger partial charge >= 0.3 is 0 Å². The number of hydrogen-bond donors (Lipinski definition) is 1. The second-order valence-electron chi connectivity index (χ2n) is 6.77. The van der Waals surface area contributed by atoms with E-state index in [1.165, 1.54) is 0 Å². The van der Waals surface area contributed by atoms with E-state index in [0.29, 0.717) is 6.42 Å². The van der Waals surface area contributed by atoms with Crippen LogP contribution in [-0.4, -0.2) is 5.11 Å². The first-order chi connectivity index (χ1) is 13.8. The minimum Gasteiger partial charge on any atom is -0.457 e. The van der Waals surface area contributed by atoms with Crippen molar-refractivity contribution in [2.45, 2.75) is 12.5 Å². The summed E-state index contributed by atoms with van der Waals surface area (Å²) in [5, 5.41) is 10.8. The largest absolute Gasteiger partial charge is 0.457 e. The van der Waals surface area contributed by atoms with E-state index in [1.54, 1.807) is 0 Å². The van der Waals surface area contributed by atoms with Gasteiger partial charge in [0, 0.05) is 6.42 Å². The summed E-state index contributed by atoms with van der Waals surface area (Å²) in [7, 11) is 0. The lowest BCUT2D eigenvalue weighted by Crippen LogP contribution is -2.02. The van der Waals surface area contributed by atoms with Gasteiger partial charge < -0.3 is 9.84 Å². The fourth-order valence-electron chi connectivity index (χ4n) is 3.26. The molecule has 0 heterocycles. The van der Waals surface area contributed by atoms with Crippen molar-refractivity contribution in [1.29, 1.82) is 0 Å². The molecule has 0 aliphatic heterocycles. The molecule has 138 valence electrons. The van der Waals surface area contributed by atoms with E-state index in [9.17, 15) is 5.11 Å². The Morgan fingerprint density at radius 1 is 0.607 bits per heavy atom. The third-order valence-electron chi connectivity index (χ3n) is 4.68. The van der Waals surface area contributed by atoms with Crippen LogP contribution in [0.15, 0.2) is 109 Å². The summed E-state index contributed by atoms with van der Waals surface area (Å²) in [6, 6.07) is 35.9. The van der Waals surface area contributed by atoms with Crippen LogP contribution in [0.4, 0.5) is 0 Å².